The summed E-state index contributed by atoms with van der Waals surface area (Å²) in [5.74, 6) is -1.14. The molecule has 0 aliphatic rings. The van der Waals surface area contributed by atoms with Crippen LogP contribution in [0.1, 0.15) is 17.3 Å². The molecule has 0 saturated carbocycles. The molecule has 1 heterocycles. The van der Waals surface area contributed by atoms with E-state index in [1.165, 1.54) is 12.3 Å². The van der Waals surface area contributed by atoms with Crippen LogP contribution in [-0.2, 0) is 4.74 Å². The summed E-state index contributed by atoms with van der Waals surface area (Å²) >= 11 is 6.04. The quantitative estimate of drug-likeness (QED) is 0.803. The minimum absolute atomic E-state index is 0.0184. The number of rotatable bonds is 3. The van der Waals surface area contributed by atoms with E-state index in [0.717, 1.165) is 12.1 Å². The maximum atomic E-state index is 12.2. The minimum atomic E-state index is -4.81. The van der Waals surface area contributed by atoms with Gasteiger partial charge in [-0.15, -0.1) is 13.2 Å². The van der Waals surface area contributed by atoms with E-state index < -0.39 is 18.1 Å². The average Bonchev–Trinajstić information content (AvgIpc) is 2.38. The standard InChI is InChI=1S/C13H9ClF3NO3/c1-2-20-12(19)9-6-18-10-4-3-7(21-13(15,16)17)5-8(10)11(9)14/h3-6H,2H2,1H3. The van der Waals surface area contributed by atoms with Crippen molar-refractivity contribution in [2.24, 2.45) is 0 Å². The summed E-state index contributed by atoms with van der Waals surface area (Å²) < 4.78 is 45.2. The smallest absolute Gasteiger partial charge is 0.462 e. The molecule has 0 bridgehead atoms. The van der Waals surface area contributed by atoms with E-state index in [4.69, 9.17) is 16.3 Å². The van der Waals surface area contributed by atoms with Gasteiger partial charge in [0.25, 0.3) is 0 Å². The van der Waals surface area contributed by atoms with Crippen LogP contribution in [0.3, 0.4) is 0 Å². The summed E-state index contributed by atoms with van der Waals surface area (Å²) in [6, 6.07) is 3.50. The zero-order valence-electron chi connectivity index (χ0n) is 10.7. The van der Waals surface area contributed by atoms with Gasteiger partial charge in [0.2, 0.25) is 0 Å². The first-order valence-electron chi connectivity index (χ1n) is 5.83. The van der Waals surface area contributed by atoms with Gasteiger partial charge in [-0.3, -0.25) is 4.98 Å². The number of ether oxygens (including phenoxy) is 2. The fourth-order valence-electron chi connectivity index (χ4n) is 1.69. The number of aromatic nitrogens is 1. The number of pyridine rings is 1. The molecule has 0 aliphatic carbocycles. The van der Waals surface area contributed by atoms with E-state index >= 15 is 0 Å². The molecule has 112 valence electrons. The van der Waals surface area contributed by atoms with Gasteiger partial charge < -0.3 is 9.47 Å². The first kappa shape index (κ1) is 15.4. The van der Waals surface area contributed by atoms with Gasteiger partial charge in [-0.25, -0.2) is 4.79 Å². The Labute approximate surface area is 122 Å². The molecular formula is C13H9ClF3NO3. The van der Waals surface area contributed by atoms with Crippen molar-refractivity contribution in [2.45, 2.75) is 13.3 Å². The molecule has 0 radical (unpaired) electrons. The van der Waals surface area contributed by atoms with E-state index in [1.54, 1.807) is 6.92 Å². The summed E-state index contributed by atoms with van der Waals surface area (Å²) in [7, 11) is 0. The number of nitrogens with zero attached hydrogens (tertiary/aromatic N) is 1. The maximum Gasteiger partial charge on any atom is 0.573 e. The molecule has 1 aromatic carbocycles. The summed E-state index contributed by atoms with van der Waals surface area (Å²) in [6.07, 6.45) is -3.60. The Hall–Kier alpha value is -2.02. The van der Waals surface area contributed by atoms with Crippen molar-refractivity contribution >= 4 is 28.5 Å². The van der Waals surface area contributed by atoms with E-state index in [9.17, 15) is 18.0 Å². The molecule has 0 atom stereocenters. The summed E-state index contributed by atoms with van der Waals surface area (Å²) in [4.78, 5) is 15.6. The Balaban J connectivity index is 2.49. The highest BCUT2D eigenvalue weighted by Crippen LogP contribution is 2.31. The first-order valence-corrected chi connectivity index (χ1v) is 6.20. The molecule has 2 rings (SSSR count). The van der Waals surface area contributed by atoms with Crippen molar-refractivity contribution in [3.63, 3.8) is 0 Å². The van der Waals surface area contributed by atoms with Crippen molar-refractivity contribution in [1.29, 1.82) is 0 Å². The molecule has 8 heteroatoms. The number of benzene rings is 1. The van der Waals surface area contributed by atoms with Crippen LogP contribution in [0.25, 0.3) is 10.9 Å². The number of carbonyl (C=O) groups is 1. The molecule has 0 N–H and O–H groups in total. The summed E-state index contributed by atoms with van der Waals surface area (Å²) in [5.41, 5.74) is 0.317. The highest BCUT2D eigenvalue weighted by molar-refractivity contribution is 6.38. The van der Waals surface area contributed by atoms with Gasteiger partial charge in [-0.2, -0.15) is 0 Å². The predicted molar refractivity (Wildman–Crippen MR) is 69.4 cm³/mol. The molecule has 0 spiro atoms. The lowest BCUT2D eigenvalue weighted by Crippen LogP contribution is -2.17. The van der Waals surface area contributed by atoms with Crippen molar-refractivity contribution in [1.82, 2.24) is 4.98 Å². The van der Waals surface area contributed by atoms with Crippen molar-refractivity contribution < 1.29 is 27.4 Å². The lowest BCUT2D eigenvalue weighted by atomic mass is 10.1. The molecule has 0 amide bonds. The van der Waals surface area contributed by atoms with E-state index in [-0.39, 0.29) is 22.6 Å². The minimum Gasteiger partial charge on any atom is -0.462 e. The Kier molecular flexibility index (Phi) is 4.22. The van der Waals surface area contributed by atoms with Crippen molar-refractivity contribution in [3.8, 4) is 5.75 Å². The zero-order chi connectivity index (χ0) is 15.6. The fraction of sp³-hybridized carbons (Fsp3) is 0.231. The topological polar surface area (TPSA) is 48.4 Å². The molecule has 1 aromatic heterocycles. The van der Waals surface area contributed by atoms with Gasteiger partial charge in [-0.1, -0.05) is 11.6 Å². The van der Waals surface area contributed by atoms with Crippen LogP contribution in [0.15, 0.2) is 24.4 Å². The maximum absolute atomic E-state index is 12.2. The van der Waals surface area contributed by atoms with Gasteiger partial charge in [-0.05, 0) is 25.1 Å². The molecule has 0 aliphatic heterocycles. The van der Waals surface area contributed by atoms with Crippen LogP contribution in [0, 0.1) is 0 Å². The predicted octanol–water partition coefficient (Wildman–Crippen LogP) is 3.96. The number of carbonyl (C=O) groups excluding carboxylic acids is 1. The van der Waals surface area contributed by atoms with Gasteiger partial charge in [0.15, 0.2) is 0 Å². The van der Waals surface area contributed by atoms with Gasteiger partial charge in [0, 0.05) is 11.6 Å². The van der Waals surface area contributed by atoms with E-state index in [0.29, 0.717) is 5.52 Å². The van der Waals surface area contributed by atoms with Gasteiger partial charge in [0.1, 0.15) is 5.75 Å². The molecular weight excluding hydrogens is 311 g/mol. The third kappa shape index (κ3) is 3.55. The van der Waals surface area contributed by atoms with Crippen LogP contribution in [0.5, 0.6) is 5.75 Å². The third-order valence-corrected chi connectivity index (χ3v) is 2.91. The highest BCUT2D eigenvalue weighted by atomic mass is 35.5. The Bertz CT molecular complexity index is 688. The zero-order valence-corrected chi connectivity index (χ0v) is 11.5. The second-order valence-corrected chi connectivity index (χ2v) is 4.31. The Morgan fingerprint density at radius 1 is 1.38 bits per heavy atom. The first-order chi connectivity index (χ1) is 9.81. The number of fused-ring (bicyclic) bond motifs is 1. The number of halogens is 4. The van der Waals surface area contributed by atoms with E-state index in [1.807, 2.05) is 0 Å². The lowest BCUT2D eigenvalue weighted by molar-refractivity contribution is -0.274. The summed E-state index contributed by atoms with van der Waals surface area (Å²) in [6.45, 7) is 1.76. The lowest BCUT2D eigenvalue weighted by Gasteiger charge is -2.11. The fourth-order valence-corrected chi connectivity index (χ4v) is 1.96. The third-order valence-electron chi connectivity index (χ3n) is 2.50. The van der Waals surface area contributed by atoms with Crippen LogP contribution in [-0.4, -0.2) is 23.9 Å². The number of alkyl halides is 3. The molecule has 4 nitrogen and oxygen atoms in total. The van der Waals surface area contributed by atoms with Crippen LogP contribution < -0.4 is 4.74 Å². The van der Waals surface area contributed by atoms with E-state index in [2.05, 4.69) is 9.72 Å². The van der Waals surface area contributed by atoms with Crippen LogP contribution >= 0.6 is 11.6 Å². The van der Waals surface area contributed by atoms with Gasteiger partial charge in [0.05, 0.1) is 22.7 Å². The largest absolute Gasteiger partial charge is 0.573 e. The normalized spacial score (nSPS) is 11.5. The Morgan fingerprint density at radius 2 is 2.10 bits per heavy atom. The van der Waals surface area contributed by atoms with Crippen molar-refractivity contribution in [2.75, 3.05) is 6.61 Å². The Morgan fingerprint density at radius 3 is 2.71 bits per heavy atom. The number of esters is 1. The van der Waals surface area contributed by atoms with Gasteiger partial charge >= 0.3 is 12.3 Å². The molecule has 2 aromatic rings. The molecule has 0 unspecified atom stereocenters. The monoisotopic (exact) mass is 319 g/mol. The SMILES string of the molecule is CCOC(=O)c1cnc2ccc(OC(F)(F)F)cc2c1Cl. The number of hydrogen-bond donors (Lipinski definition) is 0. The molecule has 0 saturated heterocycles. The summed E-state index contributed by atoms with van der Waals surface area (Å²) in [5, 5.41) is 0.134. The molecule has 0 fully saturated rings. The van der Waals surface area contributed by atoms with Crippen molar-refractivity contribution in [3.05, 3.63) is 35.0 Å². The molecule has 21 heavy (non-hydrogen) atoms. The second kappa shape index (κ2) is 5.77. The number of hydrogen-bond acceptors (Lipinski definition) is 4. The van der Waals surface area contributed by atoms with Crippen LogP contribution in [0.4, 0.5) is 13.2 Å². The second-order valence-electron chi connectivity index (χ2n) is 3.93. The highest BCUT2D eigenvalue weighted by Gasteiger charge is 2.31. The average molecular weight is 320 g/mol. The van der Waals surface area contributed by atoms with Crippen LogP contribution in [0.2, 0.25) is 5.02 Å².